The molecule has 0 saturated carbocycles. The number of fused-ring (bicyclic) bond motifs is 9. The summed E-state index contributed by atoms with van der Waals surface area (Å²) < 4.78 is 0. The molecule has 2 aromatic heterocycles. The van der Waals surface area contributed by atoms with Crippen LogP contribution in [0.1, 0.15) is 33.6 Å². The molecule has 3 nitrogen and oxygen atoms in total. The Morgan fingerprint density at radius 3 is 2.07 bits per heavy atom. The summed E-state index contributed by atoms with van der Waals surface area (Å²) in [7, 11) is 0. The molecule has 2 aliphatic rings. The standard InChI is InChI=1S/C42H29N3S/c1-26-21-22-43-25-33(26)31-14-10-17-37-41(31)46-40-18-9-8-16-36(40)42(37)34-15-7-6-13-30(34)32-23-29(19-20-35(32)42)39-24-38(44-27(2)45-39)28-11-4-3-5-12-28/h3-25H,1-2H3. The van der Waals surface area contributed by atoms with Gasteiger partial charge in [-0.1, -0.05) is 115 Å². The molecular weight excluding hydrogens is 579 g/mol. The van der Waals surface area contributed by atoms with Crippen LogP contribution in [-0.2, 0) is 5.41 Å². The van der Waals surface area contributed by atoms with E-state index in [4.69, 9.17) is 9.97 Å². The summed E-state index contributed by atoms with van der Waals surface area (Å²) in [6.45, 7) is 4.15. The van der Waals surface area contributed by atoms with E-state index in [9.17, 15) is 0 Å². The van der Waals surface area contributed by atoms with Gasteiger partial charge in [0, 0.05) is 38.9 Å². The molecule has 7 aromatic rings. The molecule has 9 rings (SSSR count). The predicted molar refractivity (Wildman–Crippen MR) is 187 cm³/mol. The number of nitrogens with zero attached hydrogens (tertiary/aromatic N) is 3. The van der Waals surface area contributed by atoms with Crippen LogP contribution in [0.4, 0.5) is 0 Å². The SMILES string of the molecule is Cc1nc(-c2ccccc2)cc(-c2ccc3c(c2)-c2ccccc2C32c3ccccc3Sc3c(-c4cnccc4C)cccc32)n1. The second-order valence-electron chi connectivity index (χ2n) is 12.1. The Labute approximate surface area is 273 Å². The Morgan fingerprint density at radius 1 is 0.522 bits per heavy atom. The normalized spacial score (nSPS) is 15.6. The highest BCUT2D eigenvalue weighted by Crippen LogP contribution is 2.63. The third kappa shape index (κ3) is 3.90. The maximum absolute atomic E-state index is 4.92. The lowest BCUT2D eigenvalue weighted by atomic mass is 9.67. The van der Waals surface area contributed by atoms with Gasteiger partial charge in [0.25, 0.3) is 0 Å². The van der Waals surface area contributed by atoms with Gasteiger partial charge in [-0.05, 0) is 82.6 Å². The van der Waals surface area contributed by atoms with Gasteiger partial charge in [-0.15, -0.1) is 0 Å². The summed E-state index contributed by atoms with van der Waals surface area (Å²) in [4.78, 5) is 16.8. The molecule has 3 heterocycles. The quantitative estimate of drug-likeness (QED) is 0.200. The lowest BCUT2D eigenvalue weighted by molar-refractivity contribution is 0.723. The van der Waals surface area contributed by atoms with Crippen LogP contribution in [-0.4, -0.2) is 15.0 Å². The van der Waals surface area contributed by atoms with Crippen LogP contribution in [0.3, 0.4) is 0 Å². The Balaban J connectivity index is 1.32. The Kier molecular flexibility index (Phi) is 6.09. The van der Waals surface area contributed by atoms with Crippen molar-refractivity contribution in [2.45, 2.75) is 29.1 Å². The summed E-state index contributed by atoms with van der Waals surface area (Å²) >= 11 is 1.88. The maximum Gasteiger partial charge on any atom is 0.126 e. The van der Waals surface area contributed by atoms with Crippen molar-refractivity contribution >= 4 is 11.8 Å². The van der Waals surface area contributed by atoms with E-state index in [1.807, 2.05) is 37.1 Å². The third-order valence-electron chi connectivity index (χ3n) is 9.50. The fourth-order valence-corrected chi connectivity index (χ4v) is 8.83. The van der Waals surface area contributed by atoms with E-state index >= 15 is 0 Å². The van der Waals surface area contributed by atoms with Crippen molar-refractivity contribution in [3.63, 3.8) is 0 Å². The second kappa shape index (κ2) is 10.4. The van der Waals surface area contributed by atoms with Crippen LogP contribution in [0.15, 0.2) is 150 Å². The maximum atomic E-state index is 4.92. The van der Waals surface area contributed by atoms with Crippen LogP contribution in [0.2, 0.25) is 0 Å². The Hall–Kier alpha value is -5.32. The van der Waals surface area contributed by atoms with Crippen LogP contribution < -0.4 is 0 Å². The molecule has 4 heteroatoms. The molecule has 0 radical (unpaired) electrons. The van der Waals surface area contributed by atoms with Gasteiger partial charge >= 0.3 is 0 Å². The number of hydrogen-bond donors (Lipinski definition) is 0. The highest BCUT2D eigenvalue weighted by atomic mass is 32.2. The fraction of sp³-hybridized carbons (Fsp3) is 0.0714. The molecule has 0 N–H and O–H groups in total. The minimum atomic E-state index is -0.454. The number of hydrogen-bond acceptors (Lipinski definition) is 4. The molecule has 218 valence electrons. The van der Waals surface area contributed by atoms with Crippen LogP contribution >= 0.6 is 11.8 Å². The summed E-state index contributed by atoms with van der Waals surface area (Å²) in [5.74, 6) is 0.763. The van der Waals surface area contributed by atoms with Crippen molar-refractivity contribution in [3.8, 4) is 44.8 Å². The molecule has 0 saturated heterocycles. The van der Waals surface area contributed by atoms with Crippen LogP contribution in [0.5, 0.6) is 0 Å². The topological polar surface area (TPSA) is 38.7 Å². The first kappa shape index (κ1) is 27.0. The third-order valence-corrected chi connectivity index (χ3v) is 10.7. The molecule has 1 atom stereocenters. The van der Waals surface area contributed by atoms with E-state index in [0.717, 1.165) is 28.3 Å². The lowest BCUT2D eigenvalue weighted by Crippen LogP contribution is -2.32. The van der Waals surface area contributed by atoms with Gasteiger partial charge in [-0.2, -0.15) is 0 Å². The van der Waals surface area contributed by atoms with Crippen molar-refractivity contribution in [2.24, 2.45) is 0 Å². The fourth-order valence-electron chi connectivity index (χ4n) is 7.52. The average Bonchev–Trinajstić information content (AvgIpc) is 3.39. The number of pyridine rings is 1. The van der Waals surface area contributed by atoms with E-state index in [1.165, 1.54) is 59.9 Å². The van der Waals surface area contributed by atoms with Crippen molar-refractivity contribution in [1.82, 2.24) is 15.0 Å². The smallest absolute Gasteiger partial charge is 0.126 e. The molecule has 0 amide bonds. The monoisotopic (exact) mass is 607 g/mol. The zero-order valence-electron chi connectivity index (χ0n) is 25.5. The van der Waals surface area contributed by atoms with Gasteiger partial charge in [0.2, 0.25) is 0 Å². The van der Waals surface area contributed by atoms with Gasteiger partial charge in [-0.25, -0.2) is 9.97 Å². The molecule has 1 aliphatic carbocycles. The minimum absolute atomic E-state index is 0.454. The van der Waals surface area contributed by atoms with Gasteiger partial charge in [0.15, 0.2) is 0 Å². The molecule has 46 heavy (non-hydrogen) atoms. The zero-order chi connectivity index (χ0) is 30.8. The molecule has 0 fully saturated rings. The highest BCUT2D eigenvalue weighted by Gasteiger charge is 2.50. The van der Waals surface area contributed by atoms with Gasteiger partial charge in [0.1, 0.15) is 5.82 Å². The van der Waals surface area contributed by atoms with Crippen molar-refractivity contribution in [2.75, 3.05) is 0 Å². The number of aromatic nitrogens is 3. The van der Waals surface area contributed by atoms with E-state index in [-0.39, 0.29) is 0 Å². The second-order valence-corrected chi connectivity index (χ2v) is 13.1. The van der Waals surface area contributed by atoms with E-state index in [1.54, 1.807) is 0 Å². The van der Waals surface area contributed by atoms with E-state index in [2.05, 4.69) is 133 Å². The highest BCUT2D eigenvalue weighted by molar-refractivity contribution is 7.99. The van der Waals surface area contributed by atoms with Crippen molar-refractivity contribution < 1.29 is 0 Å². The first-order valence-electron chi connectivity index (χ1n) is 15.6. The van der Waals surface area contributed by atoms with Crippen molar-refractivity contribution in [3.05, 3.63) is 173 Å². The van der Waals surface area contributed by atoms with Gasteiger partial charge < -0.3 is 0 Å². The number of rotatable bonds is 3. The zero-order valence-corrected chi connectivity index (χ0v) is 26.3. The Morgan fingerprint density at radius 2 is 1.22 bits per heavy atom. The molecular formula is C42H29N3S. The van der Waals surface area contributed by atoms with Crippen molar-refractivity contribution in [1.29, 1.82) is 0 Å². The summed E-state index contributed by atoms with van der Waals surface area (Å²) in [6, 6.07) is 46.2. The Bertz CT molecular complexity index is 2330. The van der Waals surface area contributed by atoms with Gasteiger partial charge in [0.05, 0.1) is 16.8 Å². The number of benzene rings is 5. The molecule has 1 aliphatic heterocycles. The van der Waals surface area contributed by atoms with Crippen LogP contribution in [0, 0.1) is 13.8 Å². The largest absolute Gasteiger partial charge is 0.264 e. The average molecular weight is 608 g/mol. The summed E-state index contributed by atoms with van der Waals surface area (Å²) in [5.41, 5.74) is 15.0. The first-order chi connectivity index (χ1) is 22.6. The minimum Gasteiger partial charge on any atom is -0.264 e. The van der Waals surface area contributed by atoms with Gasteiger partial charge in [-0.3, -0.25) is 4.98 Å². The first-order valence-corrected chi connectivity index (χ1v) is 16.4. The van der Waals surface area contributed by atoms with Crippen LogP contribution in [0.25, 0.3) is 44.8 Å². The summed E-state index contributed by atoms with van der Waals surface area (Å²) in [5, 5.41) is 0. The molecule has 5 aromatic carbocycles. The van der Waals surface area contributed by atoms with E-state index < -0.39 is 5.41 Å². The summed E-state index contributed by atoms with van der Waals surface area (Å²) in [6.07, 6.45) is 3.88. The molecule has 1 spiro atoms. The lowest BCUT2D eigenvalue weighted by Gasteiger charge is -2.40. The predicted octanol–water partition coefficient (Wildman–Crippen LogP) is 10.3. The van der Waals surface area contributed by atoms with E-state index in [0.29, 0.717) is 0 Å². The molecule has 0 bridgehead atoms. The molecule has 1 unspecified atom stereocenters. The number of aryl methyl sites for hydroxylation is 2.